The Hall–Kier alpha value is -8.55. The van der Waals surface area contributed by atoms with Gasteiger partial charge < -0.3 is 85.8 Å². The summed E-state index contributed by atoms with van der Waals surface area (Å²) in [7, 11) is 0. The predicted molar refractivity (Wildman–Crippen MR) is 306 cm³/mol. The van der Waals surface area contributed by atoms with Gasteiger partial charge in [-0.3, -0.25) is 24.0 Å². The van der Waals surface area contributed by atoms with Gasteiger partial charge in [-0.15, -0.1) is 0 Å². The number of hydrogen-bond donors (Lipinski definition) is 9. The molecule has 7 unspecified atom stereocenters. The zero-order valence-electron chi connectivity index (χ0n) is 47.7. The highest BCUT2D eigenvalue weighted by molar-refractivity contribution is 5.88. The molecule has 0 aliphatic heterocycles. The van der Waals surface area contributed by atoms with Crippen molar-refractivity contribution in [2.45, 2.75) is 123 Å². The highest BCUT2D eigenvalue weighted by Crippen LogP contribution is 2.21. The molecular formula is C59H79N7O17. The molecule has 452 valence electrons. The molecule has 0 spiro atoms. The molecule has 0 saturated heterocycles. The van der Waals surface area contributed by atoms with Crippen LogP contribution < -0.4 is 39.3 Å². The summed E-state index contributed by atoms with van der Waals surface area (Å²) in [6.45, 7) is 13.4. The summed E-state index contributed by atoms with van der Waals surface area (Å²) in [5.41, 5.74) is 29.7. The number of furan rings is 5. The highest BCUT2D eigenvalue weighted by Gasteiger charge is 2.28. The van der Waals surface area contributed by atoms with Crippen LogP contribution in [0.2, 0.25) is 0 Å². The summed E-state index contributed by atoms with van der Waals surface area (Å²) in [5, 5.41) is 24.7. The number of nitrogens with one attached hydrogen (secondary N) is 2. The molecular weight excluding hydrogens is 1080 g/mol. The molecule has 0 aliphatic carbocycles. The minimum absolute atomic E-state index is 0.0125. The van der Waals surface area contributed by atoms with Gasteiger partial charge >= 0.3 is 29.8 Å². The molecule has 0 bridgehead atoms. The molecule has 14 N–H and O–H groups in total. The lowest BCUT2D eigenvalue weighted by molar-refractivity contribution is -0.147. The van der Waals surface area contributed by atoms with E-state index >= 15 is 0 Å². The number of rotatable bonds is 24. The Labute approximate surface area is 480 Å². The maximum Gasteiger partial charge on any atom is 0.329 e. The maximum absolute atomic E-state index is 12.0. The Morgan fingerprint density at radius 1 is 0.446 bits per heavy atom. The molecule has 83 heavy (non-hydrogen) atoms. The number of fused-ring (bicyclic) bond motifs is 2. The Kier molecular flexibility index (Phi) is 29.8. The van der Waals surface area contributed by atoms with E-state index in [1.54, 1.807) is 77.3 Å². The first-order valence-electron chi connectivity index (χ1n) is 26.8. The first kappa shape index (κ1) is 68.7. The second-order valence-corrected chi connectivity index (χ2v) is 19.2. The van der Waals surface area contributed by atoms with Gasteiger partial charge in [0.1, 0.15) is 70.2 Å². The van der Waals surface area contributed by atoms with Crippen molar-refractivity contribution < 1.29 is 80.1 Å². The topological polar surface area (TPSA) is 407 Å². The number of benzene rings is 2. The van der Waals surface area contributed by atoms with Gasteiger partial charge in [-0.25, -0.2) is 9.59 Å². The average Bonchev–Trinajstić information content (AvgIpc) is 4.34. The zero-order chi connectivity index (χ0) is 61.6. The van der Waals surface area contributed by atoms with Crippen molar-refractivity contribution in [3.63, 3.8) is 0 Å². The molecule has 7 aromatic rings. The minimum Gasteiger partial charge on any atom is -0.480 e. The quantitative estimate of drug-likeness (QED) is 0.0277. The van der Waals surface area contributed by atoms with Crippen LogP contribution in [-0.4, -0.2) is 114 Å². The molecule has 0 aliphatic rings. The molecule has 24 heteroatoms. The van der Waals surface area contributed by atoms with Crippen LogP contribution in [0.5, 0.6) is 0 Å². The fourth-order valence-electron chi connectivity index (χ4n) is 7.14. The van der Waals surface area contributed by atoms with E-state index in [0.29, 0.717) is 54.9 Å². The van der Waals surface area contributed by atoms with Crippen molar-refractivity contribution in [3.8, 4) is 0 Å². The lowest BCUT2D eigenvalue weighted by Gasteiger charge is -2.20. The van der Waals surface area contributed by atoms with Crippen molar-refractivity contribution in [2.75, 3.05) is 19.8 Å². The molecule has 24 nitrogen and oxygen atoms in total. The molecule has 0 saturated carbocycles. The number of carbonyl (C=O) groups excluding carboxylic acids is 5. The van der Waals surface area contributed by atoms with E-state index in [2.05, 4.69) is 10.6 Å². The number of ether oxygens (including phenoxy) is 3. The van der Waals surface area contributed by atoms with Gasteiger partial charge in [0.2, 0.25) is 11.8 Å². The van der Waals surface area contributed by atoms with Crippen LogP contribution in [0.3, 0.4) is 0 Å². The zero-order valence-corrected chi connectivity index (χ0v) is 47.7. The van der Waals surface area contributed by atoms with Gasteiger partial charge in [-0.2, -0.15) is 0 Å². The third-order valence-corrected chi connectivity index (χ3v) is 11.8. The largest absolute Gasteiger partial charge is 0.480 e. The molecule has 0 radical (unpaired) electrons. The Bertz CT molecular complexity index is 2960. The Morgan fingerprint density at radius 3 is 1.14 bits per heavy atom. The van der Waals surface area contributed by atoms with Gasteiger partial charge in [0.25, 0.3) is 0 Å². The van der Waals surface area contributed by atoms with Crippen LogP contribution in [0.4, 0.5) is 0 Å². The Balaban J connectivity index is 0.000000274. The van der Waals surface area contributed by atoms with Crippen LogP contribution in [0, 0.1) is 11.8 Å². The SMILES string of the molecule is CC(C)C(N)C(=O)NC(Cc1ccco1)C(=O)O.CCOC(=O)C(Cc1ccco1)NC(=O)C(N)C(C)C.CCOC(=O)C(N)Cc1cc2ccccc2o1.CCOC(=O)C(N)Cc1ccco1.NC(Cc1cc2ccccc2o1)C(=O)O. The van der Waals surface area contributed by atoms with Crippen molar-refractivity contribution in [1.82, 2.24) is 10.6 Å². The van der Waals surface area contributed by atoms with E-state index in [0.717, 1.165) is 21.9 Å². The van der Waals surface area contributed by atoms with Gasteiger partial charge in [0, 0.05) is 42.9 Å². The normalized spacial score (nSPS) is 13.3. The average molecular weight is 1160 g/mol. The summed E-state index contributed by atoms with van der Waals surface area (Å²) in [5.74, 6) is -1.22. The summed E-state index contributed by atoms with van der Waals surface area (Å²) in [6, 6.07) is 23.8. The third-order valence-electron chi connectivity index (χ3n) is 11.8. The van der Waals surface area contributed by atoms with Crippen molar-refractivity contribution >= 4 is 63.6 Å². The fraction of sp³-hybridized carbons (Fsp3) is 0.407. The standard InChI is InChI=1S/C14H22N2O4.C13H15NO3.C12H18N2O4.C11H11NO3.C9H13NO3/c1-4-19-14(18)11(8-10-6-5-7-20-10)16-13(17)12(15)9(2)3;1-2-16-13(15)11(14)8-10-7-9-5-3-4-6-12(9)17-10;1-7(2)10(13)11(15)14-9(12(16)17)6-8-4-3-5-18-8;12-9(11(13)14)6-8-5-7-3-1-2-4-10(7)15-8;1-2-12-9(11)8(10)6-7-4-3-5-13-7/h5-7,9,11-12H,4,8,15H2,1-3H3,(H,16,17);3-7,11H,2,8,14H2,1H3;3-5,7,9-10H,6,13H2,1-2H3,(H,14,15)(H,16,17);1-5,9H,6,12H2,(H,13,14);3-5,8H,2,6,10H2,1H3. The van der Waals surface area contributed by atoms with Crippen LogP contribution in [0.15, 0.2) is 138 Å². The number of nitrogens with two attached hydrogens (primary N) is 5. The lowest BCUT2D eigenvalue weighted by atomic mass is 10.0. The molecule has 0 fully saturated rings. The number of hydrogen-bond acceptors (Lipinski definition) is 20. The second-order valence-electron chi connectivity index (χ2n) is 19.2. The van der Waals surface area contributed by atoms with Crippen molar-refractivity contribution in [1.29, 1.82) is 0 Å². The van der Waals surface area contributed by atoms with Gasteiger partial charge in [0.15, 0.2) is 0 Å². The van der Waals surface area contributed by atoms with Crippen LogP contribution in [0.1, 0.15) is 77.3 Å². The molecule has 5 heterocycles. The smallest absolute Gasteiger partial charge is 0.329 e. The highest BCUT2D eigenvalue weighted by atomic mass is 16.5. The summed E-state index contributed by atoms with van der Waals surface area (Å²) >= 11 is 0. The van der Waals surface area contributed by atoms with Crippen LogP contribution in [0.25, 0.3) is 21.9 Å². The summed E-state index contributed by atoms with van der Waals surface area (Å²) in [6.07, 6.45) is 5.80. The number of carbonyl (C=O) groups is 7. The minimum atomic E-state index is -1.12. The first-order chi connectivity index (χ1) is 39.5. The van der Waals surface area contributed by atoms with E-state index < -0.39 is 72.1 Å². The monoisotopic (exact) mass is 1160 g/mol. The van der Waals surface area contributed by atoms with Gasteiger partial charge in [-0.1, -0.05) is 64.1 Å². The van der Waals surface area contributed by atoms with Crippen molar-refractivity contribution in [3.05, 3.63) is 145 Å². The van der Waals surface area contributed by atoms with E-state index in [1.807, 2.05) is 74.5 Å². The lowest BCUT2D eigenvalue weighted by Crippen LogP contribution is -2.51. The number of amides is 2. The van der Waals surface area contributed by atoms with Crippen LogP contribution >= 0.6 is 0 Å². The summed E-state index contributed by atoms with van der Waals surface area (Å²) < 4.78 is 40.9. The summed E-state index contributed by atoms with van der Waals surface area (Å²) in [4.78, 5) is 79.6. The van der Waals surface area contributed by atoms with Gasteiger partial charge in [-0.05, 0) is 93.3 Å². The third kappa shape index (κ3) is 24.6. The number of carboxylic acids is 2. The van der Waals surface area contributed by atoms with E-state index in [1.165, 1.54) is 12.5 Å². The number of para-hydroxylation sites is 2. The molecule has 7 atom stereocenters. The molecule has 5 aromatic heterocycles. The van der Waals surface area contributed by atoms with E-state index in [9.17, 15) is 33.6 Å². The number of esters is 3. The second kappa shape index (κ2) is 36.0. The number of aliphatic carboxylic acids is 2. The maximum atomic E-state index is 12.0. The Morgan fingerprint density at radius 2 is 0.795 bits per heavy atom. The number of carboxylic acid groups (broad SMARTS) is 2. The fourth-order valence-corrected chi connectivity index (χ4v) is 7.14. The molecule has 7 rings (SSSR count). The van der Waals surface area contributed by atoms with Gasteiger partial charge in [0.05, 0.1) is 50.7 Å². The van der Waals surface area contributed by atoms with Crippen LogP contribution in [-0.2, 0) is 79.9 Å². The van der Waals surface area contributed by atoms with E-state index in [-0.39, 0.29) is 49.6 Å². The predicted octanol–water partition coefficient (Wildman–Crippen LogP) is 5.19. The van der Waals surface area contributed by atoms with Crippen molar-refractivity contribution in [2.24, 2.45) is 40.5 Å². The molecule has 2 amide bonds. The van der Waals surface area contributed by atoms with E-state index in [4.69, 9.17) is 75.2 Å². The molecule has 2 aromatic carbocycles. The first-order valence-corrected chi connectivity index (χ1v) is 26.8.